The third-order valence-electron chi connectivity index (χ3n) is 2.40. The zero-order chi connectivity index (χ0) is 11.4. The van der Waals surface area contributed by atoms with Gasteiger partial charge in [-0.25, -0.2) is 0 Å². The molecule has 2 atom stereocenters. The molecule has 0 amide bonds. The van der Waals surface area contributed by atoms with Crippen molar-refractivity contribution in [1.29, 1.82) is 0 Å². The molecular weight excluding hydrogens is 194 g/mol. The third kappa shape index (κ3) is 2.76. The number of methoxy groups -OCH3 is 1. The summed E-state index contributed by atoms with van der Waals surface area (Å²) in [7, 11) is 1.63. The van der Waals surface area contributed by atoms with E-state index in [2.05, 4.69) is 10.1 Å². The molecule has 0 radical (unpaired) electrons. The van der Waals surface area contributed by atoms with Crippen molar-refractivity contribution in [2.45, 2.75) is 39.3 Å². The van der Waals surface area contributed by atoms with Gasteiger partial charge in [-0.15, -0.1) is 0 Å². The van der Waals surface area contributed by atoms with Crippen LogP contribution in [0, 0.1) is 5.92 Å². The van der Waals surface area contributed by atoms with Gasteiger partial charge in [0, 0.05) is 7.11 Å². The number of ether oxygens (including phenoxy) is 1. The van der Waals surface area contributed by atoms with Crippen molar-refractivity contribution >= 4 is 0 Å². The Morgan fingerprint density at radius 3 is 2.60 bits per heavy atom. The largest absolute Gasteiger partial charge is 0.373 e. The predicted octanol–water partition coefficient (Wildman–Crippen LogP) is 1.82. The van der Waals surface area contributed by atoms with Crippen LogP contribution in [0.1, 0.15) is 51.1 Å². The van der Waals surface area contributed by atoms with E-state index in [9.17, 15) is 0 Å². The van der Waals surface area contributed by atoms with Crippen molar-refractivity contribution in [1.82, 2.24) is 10.1 Å². The van der Waals surface area contributed by atoms with E-state index in [0.29, 0.717) is 11.7 Å². The molecule has 86 valence electrons. The molecule has 0 aliphatic carbocycles. The maximum absolute atomic E-state index is 5.90. The first-order chi connectivity index (χ1) is 7.10. The van der Waals surface area contributed by atoms with E-state index >= 15 is 0 Å². The average Bonchev–Trinajstić information content (AvgIpc) is 2.67. The molecular formula is C10H19N3O2. The molecule has 15 heavy (non-hydrogen) atoms. The van der Waals surface area contributed by atoms with Crippen LogP contribution in [0.2, 0.25) is 0 Å². The lowest BCUT2D eigenvalue weighted by atomic mass is 10.1. The van der Waals surface area contributed by atoms with Crippen LogP contribution in [-0.2, 0) is 4.74 Å². The summed E-state index contributed by atoms with van der Waals surface area (Å²) in [6.45, 7) is 6.04. The van der Waals surface area contributed by atoms with E-state index < -0.39 is 0 Å². The number of hydrogen-bond donors (Lipinski definition) is 1. The van der Waals surface area contributed by atoms with Crippen molar-refractivity contribution in [3.05, 3.63) is 11.7 Å². The van der Waals surface area contributed by atoms with Crippen LogP contribution in [0.5, 0.6) is 0 Å². The fourth-order valence-electron chi connectivity index (χ4n) is 1.25. The van der Waals surface area contributed by atoms with E-state index in [1.807, 2.05) is 20.8 Å². The fourth-order valence-corrected chi connectivity index (χ4v) is 1.25. The molecule has 0 saturated heterocycles. The molecule has 0 aliphatic heterocycles. The van der Waals surface area contributed by atoms with Gasteiger partial charge in [-0.05, 0) is 12.3 Å². The van der Waals surface area contributed by atoms with Gasteiger partial charge in [0.05, 0.1) is 6.04 Å². The first kappa shape index (κ1) is 12.1. The Hall–Kier alpha value is -0.940. The predicted molar refractivity (Wildman–Crippen MR) is 56.1 cm³/mol. The van der Waals surface area contributed by atoms with Gasteiger partial charge in [0.25, 0.3) is 0 Å². The Morgan fingerprint density at radius 1 is 1.47 bits per heavy atom. The molecule has 0 aliphatic rings. The first-order valence-corrected chi connectivity index (χ1v) is 5.22. The standard InChI is InChI=1S/C10H19N3O2/c1-5-7(14-4)9-12-10(15-13-9)8(11)6(2)3/h6-8H,5,11H2,1-4H3/t7?,8-/m0/s1. The van der Waals surface area contributed by atoms with Crippen LogP contribution in [0.4, 0.5) is 0 Å². The Labute approximate surface area is 90.0 Å². The highest BCUT2D eigenvalue weighted by molar-refractivity contribution is 4.95. The van der Waals surface area contributed by atoms with Crippen molar-refractivity contribution in [3.63, 3.8) is 0 Å². The van der Waals surface area contributed by atoms with Crippen molar-refractivity contribution in [3.8, 4) is 0 Å². The highest BCUT2D eigenvalue weighted by Crippen LogP contribution is 2.21. The quantitative estimate of drug-likeness (QED) is 0.807. The van der Waals surface area contributed by atoms with Crippen LogP contribution in [0.15, 0.2) is 4.52 Å². The highest BCUT2D eigenvalue weighted by Gasteiger charge is 2.21. The van der Waals surface area contributed by atoms with Gasteiger partial charge in [0.15, 0.2) is 0 Å². The Kier molecular flexibility index (Phi) is 4.23. The molecule has 1 rings (SSSR count). The molecule has 1 aromatic rings. The van der Waals surface area contributed by atoms with E-state index in [0.717, 1.165) is 6.42 Å². The summed E-state index contributed by atoms with van der Waals surface area (Å²) in [4.78, 5) is 4.25. The van der Waals surface area contributed by atoms with E-state index in [1.54, 1.807) is 7.11 Å². The minimum Gasteiger partial charge on any atom is -0.373 e. The topological polar surface area (TPSA) is 74.2 Å². The number of rotatable bonds is 5. The highest BCUT2D eigenvalue weighted by atomic mass is 16.5. The smallest absolute Gasteiger partial charge is 0.243 e. The maximum atomic E-state index is 5.90. The number of aromatic nitrogens is 2. The summed E-state index contributed by atoms with van der Waals surface area (Å²) >= 11 is 0. The first-order valence-electron chi connectivity index (χ1n) is 5.22. The summed E-state index contributed by atoms with van der Waals surface area (Å²) in [6.07, 6.45) is 0.703. The SMILES string of the molecule is CCC(OC)c1noc([C@@H](N)C(C)C)n1. The summed E-state index contributed by atoms with van der Waals surface area (Å²) in [5.74, 6) is 1.34. The molecule has 0 spiro atoms. The van der Waals surface area contributed by atoms with Gasteiger partial charge in [-0.1, -0.05) is 25.9 Å². The monoisotopic (exact) mass is 213 g/mol. The van der Waals surface area contributed by atoms with Crippen molar-refractivity contribution in [2.75, 3.05) is 7.11 Å². The molecule has 0 saturated carbocycles. The molecule has 1 unspecified atom stereocenters. The molecule has 1 heterocycles. The van der Waals surface area contributed by atoms with Gasteiger partial charge < -0.3 is 15.0 Å². The van der Waals surface area contributed by atoms with E-state index in [-0.39, 0.29) is 18.1 Å². The lowest BCUT2D eigenvalue weighted by Crippen LogP contribution is -2.17. The summed E-state index contributed by atoms with van der Waals surface area (Å²) < 4.78 is 10.3. The molecule has 5 nitrogen and oxygen atoms in total. The summed E-state index contributed by atoms with van der Waals surface area (Å²) in [5.41, 5.74) is 5.90. The number of nitrogens with zero attached hydrogens (tertiary/aromatic N) is 2. The molecule has 0 bridgehead atoms. The molecule has 1 aromatic heterocycles. The summed E-state index contributed by atoms with van der Waals surface area (Å²) in [6, 6.07) is -0.208. The minimum absolute atomic E-state index is 0.109. The Morgan fingerprint density at radius 2 is 2.13 bits per heavy atom. The van der Waals surface area contributed by atoms with Crippen molar-refractivity contribution in [2.24, 2.45) is 11.7 Å². The second-order valence-corrected chi connectivity index (χ2v) is 3.89. The average molecular weight is 213 g/mol. The lowest BCUT2D eigenvalue weighted by Gasteiger charge is -2.09. The fraction of sp³-hybridized carbons (Fsp3) is 0.800. The van der Waals surface area contributed by atoms with Crippen LogP contribution in [0.3, 0.4) is 0 Å². The second kappa shape index (κ2) is 5.23. The van der Waals surface area contributed by atoms with E-state index in [4.69, 9.17) is 15.0 Å². The molecule has 0 aromatic carbocycles. The molecule has 0 fully saturated rings. The zero-order valence-electron chi connectivity index (χ0n) is 9.73. The van der Waals surface area contributed by atoms with Gasteiger partial charge in [-0.2, -0.15) is 4.98 Å². The lowest BCUT2D eigenvalue weighted by molar-refractivity contribution is 0.0903. The van der Waals surface area contributed by atoms with Gasteiger partial charge in [0.1, 0.15) is 6.10 Å². The van der Waals surface area contributed by atoms with Gasteiger partial charge in [-0.3, -0.25) is 0 Å². The normalized spacial score (nSPS) is 15.6. The second-order valence-electron chi connectivity index (χ2n) is 3.89. The third-order valence-corrected chi connectivity index (χ3v) is 2.40. The van der Waals surface area contributed by atoms with Crippen LogP contribution in [-0.4, -0.2) is 17.3 Å². The molecule has 2 N–H and O–H groups in total. The van der Waals surface area contributed by atoms with Crippen LogP contribution >= 0.6 is 0 Å². The number of nitrogens with two attached hydrogens (primary N) is 1. The van der Waals surface area contributed by atoms with Crippen LogP contribution in [0.25, 0.3) is 0 Å². The van der Waals surface area contributed by atoms with Gasteiger partial charge >= 0.3 is 0 Å². The Bertz CT molecular complexity index is 278. The minimum atomic E-state index is -0.208. The zero-order valence-corrected chi connectivity index (χ0v) is 9.73. The van der Waals surface area contributed by atoms with E-state index in [1.165, 1.54) is 0 Å². The summed E-state index contributed by atoms with van der Waals surface area (Å²) in [5, 5.41) is 3.87. The molecule has 5 heteroatoms. The van der Waals surface area contributed by atoms with Crippen molar-refractivity contribution < 1.29 is 9.26 Å². The van der Waals surface area contributed by atoms with Gasteiger partial charge in [0.2, 0.25) is 11.7 Å². The Balaban J connectivity index is 2.79. The van der Waals surface area contributed by atoms with Crippen LogP contribution < -0.4 is 5.73 Å². The maximum Gasteiger partial charge on any atom is 0.243 e. The number of hydrogen-bond acceptors (Lipinski definition) is 5.